The van der Waals surface area contributed by atoms with Crippen molar-refractivity contribution < 1.29 is 32.1 Å². The van der Waals surface area contributed by atoms with Crippen LogP contribution in [0.25, 0.3) is 0 Å². The molecule has 21 heavy (non-hydrogen) atoms. The number of carbonyl (C=O) groups is 2. The molecule has 9 nitrogen and oxygen atoms in total. The first kappa shape index (κ1) is 13.8. The number of rotatable bonds is 2. The van der Waals surface area contributed by atoms with Gasteiger partial charge >= 0.3 is 16.4 Å². The molecule has 0 spiro atoms. The molecule has 0 saturated carbocycles. The second kappa shape index (κ2) is 4.67. The van der Waals surface area contributed by atoms with Crippen LogP contribution in [0, 0.1) is 0 Å². The summed E-state index contributed by atoms with van der Waals surface area (Å²) >= 11 is 0. The lowest BCUT2D eigenvalue weighted by Gasteiger charge is -2.41. The molecule has 0 aromatic carbocycles. The van der Waals surface area contributed by atoms with Crippen molar-refractivity contribution in [3.8, 4) is 0 Å². The minimum atomic E-state index is -4.58. The summed E-state index contributed by atoms with van der Waals surface area (Å²) in [7, 11) is -4.58. The van der Waals surface area contributed by atoms with E-state index >= 15 is 0 Å². The summed E-state index contributed by atoms with van der Waals surface area (Å²) in [5.41, 5.74) is 0. The molecule has 2 aliphatic heterocycles. The van der Waals surface area contributed by atoms with Gasteiger partial charge in [-0.05, 0) is 6.42 Å². The largest absolute Gasteiger partial charge is 0.479 e. The van der Waals surface area contributed by atoms with Gasteiger partial charge in [0.05, 0.1) is 6.04 Å². The van der Waals surface area contributed by atoms with Crippen LogP contribution in [0.1, 0.15) is 6.42 Å². The van der Waals surface area contributed by atoms with Gasteiger partial charge in [0, 0.05) is 23.4 Å². The van der Waals surface area contributed by atoms with Gasteiger partial charge < -0.3 is 0 Å². The SMILES string of the molecule is O=C(O[n+]1ccccc1)N1CC[C@@H]2[C@H]1C(=O)N2S(=O)(=O)O. The summed E-state index contributed by atoms with van der Waals surface area (Å²) in [4.78, 5) is 30.0. The molecule has 1 aromatic heterocycles. The fourth-order valence-electron chi connectivity index (χ4n) is 2.61. The van der Waals surface area contributed by atoms with E-state index in [4.69, 9.17) is 9.39 Å². The molecule has 0 radical (unpaired) electrons. The quantitative estimate of drug-likeness (QED) is 0.409. The van der Waals surface area contributed by atoms with E-state index in [0.29, 0.717) is 4.31 Å². The zero-order valence-corrected chi connectivity index (χ0v) is 11.5. The predicted octanol–water partition coefficient (Wildman–Crippen LogP) is -1.39. The number of nitrogens with zero attached hydrogens (tertiary/aromatic N) is 3. The average molecular weight is 314 g/mol. The number of amides is 2. The molecule has 10 heteroatoms. The number of likely N-dealkylation sites (tertiary alicyclic amines) is 1. The van der Waals surface area contributed by atoms with Crippen molar-refractivity contribution in [3.63, 3.8) is 0 Å². The molecule has 2 atom stereocenters. The summed E-state index contributed by atoms with van der Waals surface area (Å²) in [6.45, 7) is 0.180. The number of pyridine rings is 1. The molecule has 3 heterocycles. The highest BCUT2D eigenvalue weighted by Gasteiger charge is 2.60. The van der Waals surface area contributed by atoms with Gasteiger partial charge in [0.25, 0.3) is 5.91 Å². The van der Waals surface area contributed by atoms with Crippen LogP contribution in [-0.4, -0.2) is 52.8 Å². The van der Waals surface area contributed by atoms with Crippen LogP contribution in [0.5, 0.6) is 0 Å². The van der Waals surface area contributed by atoms with Gasteiger partial charge in [0.2, 0.25) is 12.4 Å². The van der Waals surface area contributed by atoms with Gasteiger partial charge in [-0.25, -0.2) is 9.10 Å². The topological polar surface area (TPSA) is 108 Å². The third-order valence-corrected chi connectivity index (χ3v) is 4.44. The van der Waals surface area contributed by atoms with Crippen LogP contribution >= 0.6 is 0 Å². The van der Waals surface area contributed by atoms with Crippen molar-refractivity contribution >= 4 is 22.3 Å². The molecule has 2 aliphatic rings. The zero-order chi connectivity index (χ0) is 15.2. The number of fused-ring (bicyclic) bond motifs is 1. The average Bonchev–Trinajstić information content (AvgIpc) is 2.77. The number of carbonyl (C=O) groups excluding carboxylic acids is 2. The maximum Gasteiger partial charge on any atom is 0.479 e. The maximum atomic E-state index is 12.0. The van der Waals surface area contributed by atoms with Crippen molar-refractivity contribution in [1.29, 1.82) is 0 Å². The summed E-state index contributed by atoms with van der Waals surface area (Å²) in [5.74, 6) is -0.824. The van der Waals surface area contributed by atoms with E-state index in [1.807, 2.05) is 0 Å². The minimum Gasteiger partial charge on any atom is -0.289 e. The Morgan fingerprint density at radius 2 is 2.00 bits per heavy atom. The molecule has 112 valence electrons. The van der Waals surface area contributed by atoms with Gasteiger partial charge in [0.1, 0.15) is 6.04 Å². The Morgan fingerprint density at radius 3 is 2.62 bits per heavy atom. The van der Waals surface area contributed by atoms with E-state index in [-0.39, 0.29) is 13.0 Å². The molecule has 3 rings (SSSR count). The summed E-state index contributed by atoms with van der Waals surface area (Å²) < 4.78 is 32.6. The first-order chi connectivity index (χ1) is 9.89. The zero-order valence-electron chi connectivity index (χ0n) is 10.7. The molecule has 2 fully saturated rings. The number of hydrogen-bond acceptors (Lipinski definition) is 5. The van der Waals surface area contributed by atoms with Gasteiger partial charge in [-0.3, -0.25) is 14.2 Å². The highest BCUT2D eigenvalue weighted by molar-refractivity contribution is 7.84. The second-order valence-corrected chi connectivity index (χ2v) is 5.99. The molecule has 0 bridgehead atoms. The Balaban J connectivity index is 1.72. The smallest absolute Gasteiger partial charge is 0.289 e. The van der Waals surface area contributed by atoms with Crippen LogP contribution in [0.4, 0.5) is 4.79 Å². The minimum absolute atomic E-state index is 0.180. The Morgan fingerprint density at radius 1 is 1.33 bits per heavy atom. The highest BCUT2D eigenvalue weighted by Crippen LogP contribution is 2.35. The monoisotopic (exact) mass is 314 g/mol. The Kier molecular flexibility index (Phi) is 3.06. The van der Waals surface area contributed by atoms with Crippen LogP contribution in [0.3, 0.4) is 0 Å². The third-order valence-electron chi connectivity index (χ3n) is 3.49. The summed E-state index contributed by atoms with van der Waals surface area (Å²) in [6, 6.07) is 3.45. The maximum absolute atomic E-state index is 12.0. The first-order valence-electron chi connectivity index (χ1n) is 6.15. The van der Waals surface area contributed by atoms with Crippen LogP contribution in [-0.2, 0) is 15.1 Å². The Labute approximate surface area is 120 Å². The van der Waals surface area contributed by atoms with Crippen molar-refractivity contribution in [2.45, 2.75) is 18.5 Å². The summed E-state index contributed by atoms with van der Waals surface area (Å²) in [5, 5.41) is 0. The standard InChI is InChI=1S/C11H11N3O6S/c15-10-9-8(14(10)21(17,18)19)4-7-13(9)11(16)20-12-5-2-1-3-6-12/h1-3,5-6,8-9H,4,7H2/p+1/t8-,9+/m1/s1. The lowest BCUT2D eigenvalue weighted by atomic mass is 10.0. The van der Waals surface area contributed by atoms with Crippen molar-refractivity contribution in [3.05, 3.63) is 30.6 Å². The van der Waals surface area contributed by atoms with Gasteiger partial charge in [-0.15, -0.1) is 0 Å². The van der Waals surface area contributed by atoms with Crippen molar-refractivity contribution in [2.75, 3.05) is 6.54 Å². The fourth-order valence-corrected chi connectivity index (χ4v) is 3.51. The first-order valence-corrected chi connectivity index (χ1v) is 7.55. The van der Waals surface area contributed by atoms with Crippen LogP contribution in [0.2, 0.25) is 0 Å². The van der Waals surface area contributed by atoms with E-state index in [2.05, 4.69) is 0 Å². The molecular formula is C11H12N3O6S+. The molecular weight excluding hydrogens is 302 g/mol. The van der Waals surface area contributed by atoms with Crippen molar-refractivity contribution in [1.82, 2.24) is 9.21 Å². The van der Waals surface area contributed by atoms with Gasteiger partial charge in [-0.1, -0.05) is 6.07 Å². The lowest BCUT2D eigenvalue weighted by Crippen LogP contribution is -2.69. The molecule has 2 saturated heterocycles. The Bertz CT molecular complexity index is 691. The number of β-lactam (4-membered cyclic amide) rings is 1. The summed E-state index contributed by atoms with van der Waals surface area (Å²) in [6.07, 6.45) is 2.55. The normalized spacial score (nSPS) is 24.5. The molecule has 2 amide bonds. The molecule has 1 aromatic rings. The number of aromatic nitrogens is 1. The van der Waals surface area contributed by atoms with Crippen molar-refractivity contribution in [2.24, 2.45) is 0 Å². The lowest BCUT2D eigenvalue weighted by molar-refractivity contribution is -0.869. The highest BCUT2D eigenvalue weighted by atomic mass is 32.2. The van der Waals surface area contributed by atoms with E-state index in [0.717, 1.165) is 4.90 Å². The number of hydrogen-bond donors (Lipinski definition) is 1. The predicted molar refractivity (Wildman–Crippen MR) is 65.9 cm³/mol. The van der Waals surface area contributed by atoms with Crippen LogP contribution < -0.4 is 9.57 Å². The fraction of sp³-hybridized carbons (Fsp3) is 0.364. The second-order valence-electron chi connectivity index (χ2n) is 4.70. The van der Waals surface area contributed by atoms with Gasteiger partial charge in [-0.2, -0.15) is 13.3 Å². The van der Waals surface area contributed by atoms with E-state index in [1.54, 1.807) is 18.2 Å². The molecule has 0 unspecified atom stereocenters. The Hall–Kier alpha value is -2.20. The molecule has 1 N–H and O–H groups in total. The van der Waals surface area contributed by atoms with E-state index in [1.165, 1.54) is 17.1 Å². The van der Waals surface area contributed by atoms with E-state index < -0.39 is 34.4 Å². The third kappa shape index (κ3) is 2.21. The molecule has 0 aliphatic carbocycles. The van der Waals surface area contributed by atoms with Gasteiger partial charge in [0.15, 0.2) is 0 Å². The van der Waals surface area contributed by atoms with E-state index in [9.17, 15) is 18.0 Å². The van der Waals surface area contributed by atoms with Crippen LogP contribution in [0.15, 0.2) is 30.6 Å².